The standard InChI is InChI=1S/C16H13F5N2O2/c1-8-13-10(11-7-9(25-2)3-4-12(11)22-13)5-6-23(8)14(24)15(17,18)16(19,20)21/h3-4,7,22H,1,5-6H2,2H3. The summed E-state index contributed by atoms with van der Waals surface area (Å²) in [5, 5.41) is 0.741. The third-order valence-corrected chi connectivity index (χ3v) is 4.18. The summed E-state index contributed by atoms with van der Waals surface area (Å²) in [6.07, 6.45) is -5.85. The second kappa shape index (κ2) is 5.47. The molecule has 1 aromatic carbocycles. The molecule has 0 saturated carbocycles. The van der Waals surface area contributed by atoms with Gasteiger partial charge in [0.1, 0.15) is 5.75 Å². The Morgan fingerprint density at radius 3 is 2.56 bits per heavy atom. The van der Waals surface area contributed by atoms with Crippen molar-refractivity contribution >= 4 is 22.5 Å². The second-order valence-electron chi connectivity index (χ2n) is 5.62. The Bertz CT molecular complexity index is 869. The monoisotopic (exact) mass is 360 g/mol. The molecular weight excluding hydrogens is 347 g/mol. The lowest BCUT2D eigenvalue weighted by Crippen LogP contribution is -2.52. The number of nitrogens with zero attached hydrogens (tertiary/aromatic N) is 1. The number of ether oxygens (including phenoxy) is 1. The molecule has 0 unspecified atom stereocenters. The van der Waals surface area contributed by atoms with Crippen LogP contribution in [0, 0.1) is 0 Å². The normalized spacial score (nSPS) is 15.4. The zero-order valence-corrected chi connectivity index (χ0v) is 13.0. The number of rotatable bonds is 2. The topological polar surface area (TPSA) is 45.3 Å². The van der Waals surface area contributed by atoms with Gasteiger partial charge in [-0.1, -0.05) is 6.58 Å². The van der Waals surface area contributed by atoms with Crippen LogP contribution in [0.5, 0.6) is 5.75 Å². The highest BCUT2D eigenvalue weighted by atomic mass is 19.4. The average molecular weight is 360 g/mol. The minimum absolute atomic E-state index is 0.112. The number of carbonyl (C=O) groups excluding carboxylic acids is 1. The Morgan fingerprint density at radius 2 is 1.96 bits per heavy atom. The highest BCUT2D eigenvalue weighted by Crippen LogP contribution is 2.41. The minimum atomic E-state index is -5.96. The van der Waals surface area contributed by atoms with Crippen LogP contribution in [0.25, 0.3) is 16.6 Å². The summed E-state index contributed by atoms with van der Waals surface area (Å²) in [4.78, 5) is 15.1. The van der Waals surface area contributed by atoms with E-state index in [2.05, 4.69) is 11.6 Å². The van der Waals surface area contributed by atoms with Gasteiger partial charge in [0.2, 0.25) is 0 Å². The van der Waals surface area contributed by atoms with Gasteiger partial charge in [-0.15, -0.1) is 0 Å². The van der Waals surface area contributed by atoms with Crippen LogP contribution in [0.4, 0.5) is 22.0 Å². The maximum Gasteiger partial charge on any atom is 0.463 e. The van der Waals surface area contributed by atoms with Gasteiger partial charge >= 0.3 is 18.0 Å². The molecule has 1 N–H and O–H groups in total. The number of aromatic amines is 1. The number of methoxy groups -OCH3 is 1. The molecule has 0 radical (unpaired) electrons. The Hall–Kier alpha value is -2.58. The van der Waals surface area contributed by atoms with Gasteiger partial charge < -0.3 is 14.6 Å². The number of nitrogens with one attached hydrogen (secondary N) is 1. The highest BCUT2D eigenvalue weighted by molar-refractivity contribution is 5.96. The molecule has 0 aliphatic carbocycles. The molecule has 134 valence electrons. The van der Waals surface area contributed by atoms with Crippen molar-refractivity contribution in [2.24, 2.45) is 0 Å². The number of benzene rings is 1. The summed E-state index contributed by atoms with van der Waals surface area (Å²) < 4.78 is 69.3. The Labute approximate surface area is 138 Å². The molecular formula is C16H13F5N2O2. The largest absolute Gasteiger partial charge is 0.497 e. The number of halogens is 5. The molecule has 1 aliphatic heterocycles. The molecule has 2 aromatic rings. The van der Waals surface area contributed by atoms with Crippen LogP contribution >= 0.6 is 0 Å². The quantitative estimate of drug-likeness (QED) is 0.830. The number of alkyl halides is 5. The van der Waals surface area contributed by atoms with E-state index in [9.17, 15) is 26.7 Å². The molecule has 9 heteroatoms. The molecule has 2 heterocycles. The van der Waals surface area contributed by atoms with E-state index < -0.39 is 18.0 Å². The van der Waals surface area contributed by atoms with Crippen molar-refractivity contribution in [3.05, 3.63) is 36.0 Å². The molecule has 1 amide bonds. The van der Waals surface area contributed by atoms with Gasteiger partial charge in [-0.3, -0.25) is 4.79 Å². The van der Waals surface area contributed by atoms with Gasteiger partial charge in [-0.2, -0.15) is 22.0 Å². The van der Waals surface area contributed by atoms with Crippen molar-refractivity contribution in [3.8, 4) is 5.75 Å². The van der Waals surface area contributed by atoms with Gasteiger partial charge in [0.05, 0.1) is 18.5 Å². The minimum Gasteiger partial charge on any atom is -0.497 e. The third-order valence-electron chi connectivity index (χ3n) is 4.18. The SMILES string of the molecule is C=C1c2[nH]c3ccc(OC)cc3c2CCN1C(=O)C(F)(F)C(F)(F)F. The van der Waals surface area contributed by atoms with Crippen molar-refractivity contribution in [1.82, 2.24) is 9.88 Å². The lowest BCUT2D eigenvalue weighted by Gasteiger charge is -2.32. The highest BCUT2D eigenvalue weighted by Gasteiger charge is 2.65. The van der Waals surface area contributed by atoms with E-state index in [0.29, 0.717) is 21.7 Å². The van der Waals surface area contributed by atoms with E-state index in [1.54, 1.807) is 18.2 Å². The summed E-state index contributed by atoms with van der Waals surface area (Å²) in [5.74, 6) is -7.23. The van der Waals surface area contributed by atoms with E-state index in [0.717, 1.165) is 5.39 Å². The zero-order chi connectivity index (χ0) is 18.6. The maximum absolute atomic E-state index is 13.4. The zero-order valence-electron chi connectivity index (χ0n) is 13.0. The fourth-order valence-corrected chi connectivity index (χ4v) is 2.87. The first-order valence-electron chi connectivity index (χ1n) is 7.22. The molecule has 0 fully saturated rings. The first-order valence-corrected chi connectivity index (χ1v) is 7.22. The van der Waals surface area contributed by atoms with Gasteiger partial charge in [-0.25, -0.2) is 0 Å². The number of carbonyl (C=O) groups is 1. The molecule has 25 heavy (non-hydrogen) atoms. The third kappa shape index (κ3) is 2.54. The number of fused-ring (bicyclic) bond motifs is 3. The molecule has 0 saturated heterocycles. The molecule has 0 spiro atoms. The smallest absolute Gasteiger partial charge is 0.463 e. The van der Waals surface area contributed by atoms with Crippen LogP contribution in [0.15, 0.2) is 24.8 Å². The molecule has 1 aliphatic rings. The van der Waals surface area contributed by atoms with Crippen LogP contribution in [0.3, 0.4) is 0 Å². The van der Waals surface area contributed by atoms with Crippen molar-refractivity contribution < 1.29 is 31.5 Å². The lowest BCUT2D eigenvalue weighted by molar-refractivity contribution is -0.273. The van der Waals surface area contributed by atoms with Crippen molar-refractivity contribution in [2.45, 2.75) is 18.5 Å². The Morgan fingerprint density at radius 1 is 1.28 bits per heavy atom. The van der Waals surface area contributed by atoms with Crippen LogP contribution in [-0.4, -0.2) is 41.5 Å². The molecule has 1 aromatic heterocycles. The predicted octanol–water partition coefficient (Wildman–Crippen LogP) is 3.73. The summed E-state index contributed by atoms with van der Waals surface area (Å²) >= 11 is 0. The number of hydrogen-bond donors (Lipinski definition) is 1. The van der Waals surface area contributed by atoms with E-state index >= 15 is 0 Å². The fourth-order valence-electron chi connectivity index (χ4n) is 2.87. The second-order valence-corrected chi connectivity index (χ2v) is 5.62. The van der Waals surface area contributed by atoms with E-state index in [4.69, 9.17) is 4.74 Å². The van der Waals surface area contributed by atoms with E-state index in [1.807, 2.05) is 0 Å². The Balaban J connectivity index is 2.01. The number of hydrogen-bond acceptors (Lipinski definition) is 2. The van der Waals surface area contributed by atoms with Gasteiger partial charge in [0.25, 0.3) is 0 Å². The number of aromatic nitrogens is 1. The van der Waals surface area contributed by atoms with Crippen molar-refractivity contribution in [2.75, 3.05) is 13.7 Å². The van der Waals surface area contributed by atoms with Crippen LogP contribution in [0.1, 0.15) is 11.3 Å². The summed E-state index contributed by atoms with van der Waals surface area (Å²) in [7, 11) is 1.48. The van der Waals surface area contributed by atoms with Crippen LogP contribution in [-0.2, 0) is 11.2 Å². The molecule has 0 bridgehead atoms. The summed E-state index contributed by atoms with van der Waals surface area (Å²) in [5.41, 5.74) is 1.38. The molecule has 3 rings (SSSR count). The van der Waals surface area contributed by atoms with Crippen LogP contribution in [0.2, 0.25) is 0 Å². The first-order chi connectivity index (χ1) is 11.6. The van der Waals surface area contributed by atoms with Crippen molar-refractivity contribution in [3.63, 3.8) is 0 Å². The Kier molecular flexibility index (Phi) is 3.77. The van der Waals surface area contributed by atoms with Gasteiger partial charge in [-0.05, 0) is 30.2 Å². The van der Waals surface area contributed by atoms with Crippen molar-refractivity contribution in [1.29, 1.82) is 0 Å². The number of amides is 1. The summed E-state index contributed by atoms with van der Waals surface area (Å²) in [6.45, 7) is 3.21. The lowest BCUT2D eigenvalue weighted by atomic mass is 10.0. The first kappa shape index (κ1) is 17.2. The molecule has 4 nitrogen and oxygen atoms in total. The van der Waals surface area contributed by atoms with Gasteiger partial charge in [0.15, 0.2) is 0 Å². The fraction of sp³-hybridized carbons (Fsp3) is 0.312. The summed E-state index contributed by atoms with van der Waals surface area (Å²) in [6, 6.07) is 5.09. The van der Waals surface area contributed by atoms with Gasteiger partial charge in [0, 0.05) is 17.4 Å². The molecule has 0 atom stereocenters. The number of H-pyrrole nitrogens is 1. The average Bonchev–Trinajstić information content (AvgIpc) is 2.92. The van der Waals surface area contributed by atoms with E-state index in [-0.39, 0.29) is 24.4 Å². The maximum atomic E-state index is 13.4. The van der Waals surface area contributed by atoms with E-state index in [1.165, 1.54) is 7.11 Å². The van der Waals surface area contributed by atoms with Crippen LogP contribution < -0.4 is 4.74 Å². The predicted molar refractivity (Wildman–Crippen MR) is 80.3 cm³/mol.